The lowest BCUT2D eigenvalue weighted by Crippen LogP contribution is -2.31. The van der Waals surface area contributed by atoms with E-state index in [0.29, 0.717) is 66.7 Å². The summed E-state index contributed by atoms with van der Waals surface area (Å²) in [6, 6.07) is 12.2. The zero-order valence-corrected chi connectivity index (χ0v) is 32.8. The lowest BCUT2D eigenvalue weighted by Gasteiger charge is -2.09. The maximum Gasteiger partial charge on any atom is 0.262 e. The van der Waals surface area contributed by atoms with Gasteiger partial charge in [0.25, 0.3) is 5.91 Å². The van der Waals surface area contributed by atoms with Crippen LogP contribution in [0.1, 0.15) is 79.9 Å². The van der Waals surface area contributed by atoms with Crippen molar-refractivity contribution in [3.63, 3.8) is 0 Å². The number of aromatic nitrogens is 1. The van der Waals surface area contributed by atoms with E-state index in [1.165, 1.54) is 0 Å². The minimum Gasteiger partial charge on any atom is -0.497 e. The highest BCUT2D eigenvalue weighted by Crippen LogP contribution is 2.31. The van der Waals surface area contributed by atoms with Crippen LogP contribution < -0.4 is 15.4 Å². The lowest BCUT2D eigenvalue weighted by atomic mass is 10.1. The molecule has 2 amide bonds. The van der Waals surface area contributed by atoms with Gasteiger partial charge in [0.05, 0.1) is 32.3 Å². The van der Waals surface area contributed by atoms with Crippen LogP contribution in [0.15, 0.2) is 115 Å². The minimum atomic E-state index is -0.208. The number of carbonyl (C=O) groups is 3. The van der Waals surface area contributed by atoms with Crippen LogP contribution in [-0.2, 0) is 20.7 Å². The normalized spacial score (nSPS) is 12.1. The van der Waals surface area contributed by atoms with E-state index in [1.807, 2.05) is 25.1 Å². The van der Waals surface area contributed by atoms with E-state index < -0.39 is 0 Å². The second-order valence-corrected chi connectivity index (χ2v) is 13.0. The molecule has 0 atom stereocenters. The predicted molar refractivity (Wildman–Crippen MR) is 222 cm³/mol. The first-order valence-electron chi connectivity index (χ1n) is 18.8. The van der Waals surface area contributed by atoms with Crippen molar-refractivity contribution in [3.05, 3.63) is 137 Å². The number of allylic oxidation sites excluding steroid dienone is 12. The van der Waals surface area contributed by atoms with E-state index in [0.717, 1.165) is 49.5 Å². The molecule has 1 heterocycles. The molecule has 288 valence electrons. The number of ether oxygens (including phenoxy) is 2. The van der Waals surface area contributed by atoms with Gasteiger partial charge in [-0.25, -0.2) is 0 Å². The number of fused-ring (bicyclic) bond motifs is 1. The highest BCUT2D eigenvalue weighted by atomic mass is 35.5. The van der Waals surface area contributed by atoms with Crippen molar-refractivity contribution in [3.8, 4) is 5.75 Å². The third-order valence-corrected chi connectivity index (χ3v) is 8.70. The largest absolute Gasteiger partial charge is 0.497 e. The van der Waals surface area contributed by atoms with Crippen molar-refractivity contribution in [2.24, 2.45) is 0 Å². The number of hydrogen-bond acceptors (Lipinski definition) is 5. The molecule has 2 N–H and O–H groups in total. The molecular weight excluding hydrogens is 698 g/mol. The van der Waals surface area contributed by atoms with E-state index >= 15 is 0 Å². The lowest BCUT2D eigenvalue weighted by molar-refractivity contribution is -0.121. The van der Waals surface area contributed by atoms with Crippen molar-refractivity contribution >= 4 is 40.2 Å². The number of rotatable bonds is 24. The number of methoxy groups -OCH3 is 1. The highest BCUT2D eigenvalue weighted by molar-refractivity contribution is 6.30. The molecule has 3 aromatic rings. The van der Waals surface area contributed by atoms with Gasteiger partial charge in [-0.3, -0.25) is 19.0 Å². The van der Waals surface area contributed by atoms with Gasteiger partial charge in [0.15, 0.2) is 0 Å². The van der Waals surface area contributed by atoms with Crippen LogP contribution in [0.25, 0.3) is 10.9 Å². The van der Waals surface area contributed by atoms with Gasteiger partial charge in [0.2, 0.25) is 11.8 Å². The summed E-state index contributed by atoms with van der Waals surface area (Å²) in [5, 5.41) is 7.08. The second-order valence-electron chi connectivity index (χ2n) is 12.5. The monoisotopic (exact) mass is 753 g/mol. The molecule has 0 aliphatic heterocycles. The van der Waals surface area contributed by atoms with Crippen LogP contribution in [0.3, 0.4) is 0 Å². The molecule has 8 nitrogen and oxygen atoms in total. The Labute approximate surface area is 326 Å². The predicted octanol–water partition coefficient (Wildman–Crippen LogP) is 9.57. The molecule has 9 heteroatoms. The van der Waals surface area contributed by atoms with Crippen molar-refractivity contribution in [2.45, 2.75) is 71.6 Å². The van der Waals surface area contributed by atoms with Crippen molar-refractivity contribution in [2.75, 3.05) is 33.4 Å². The van der Waals surface area contributed by atoms with Gasteiger partial charge in [0, 0.05) is 41.2 Å². The Bertz CT molecular complexity index is 1800. The molecule has 0 radical (unpaired) electrons. The SMILES string of the molecule is CCC=CCC=CCC=CCC=CCC=CCC=CCCC(=O)NCCOCCNC(=O)Cc1c(C)n(C(=O)c2ccc(Cl)cc2)c2ccc(OC)cc12. The van der Waals surface area contributed by atoms with E-state index in [9.17, 15) is 14.4 Å². The fourth-order valence-corrected chi connectivity index (χ4v) is 5.71. The molecule has 0 unspecified atom stereocenters. The van der Waals surface area contributed by atoms with Crippen LogP contribution in [-0.4, -0.2) is 55.7 Å². The average Bonchev–Trinajstić information content (AvgIpc) is 3.44. The maximum absolute atomic E-state index is 13.5. The third kappa shape index (κ3) is 16.0. The first kappa shape index (κ1) is 43.5. The summed E-state index contributed by atoms with van der Waals surface area (Å²) in [6.45, 7) is 5.36. The van der Waals surface area contributed by atoms with Gasteiger partial charge in [-0.05, 0) is 99.9 Å². The number of nitrogens with one attached hydrogen (secondary N) is 2. The zero-order chi connectivity index (χ0) is 38.8. The fourth-order valence-electron chi connectivity index (χ4n) is 5.59. The van der Waals surface area contributed by atoms with Crippen LogP contribution in [0.5, 0.6) is 5.75 Å². The summed E-state index contributed by atoms with van der Waals surface area (Å²) in [7, 11) is 1.58. The van der Waals surface area contributed by atoms with E-state index in [1.54, 1.807) is 42.0 Å². The Balaban J connectivity index is 1.26. The molecule has 0 aliphatic rings. The van der Waals surface area contributed by atoms with Crippen LogP contribution in [0.4, 0.5) is 0 Å². The summed E-state index contributed by atoms with van der Waals surface area (Å²) in [5.74, 6) is 0.215. The Morgan fingerprint density at radius 1 is 0.722 bits per heavy atom. The molecule has 0 aliphatic carbocycles. The molecule has 2 aromatic carbocycles. The van der Waals surface area contributed by atoms with Crippen molar-refractivity contribution in [1.82, 2.24) is 15.2 Å². The quantitative estimate of drug-likeness (QED) is 0.0702. The van der Waals surface area contributed by atoms with Gasteiger partial charge in [0.1, 0.15) is 5.75 Å². The summed E-state index contributed by atoms with van der Waals surface area (Å²) in [6.07, 6.45) is 32.9. The molecule has 0 saturated carbocycles. The van der Waals surface area contributed by atoms with E-state index in [4.69, 9.17) is 21.1 Å². The Kier molecular flexibility index (Phi) is 20.9. The van der Waals surface area contributed by atoms with Crippen LogP contribution in [0, 0.1) is 6.92 Å². The summed E-state index contributed by atoms with van der Waals surface area (Å²) < 4.78 is 12.7. The summed E-state index contributed by atoms with van der Waals surface area (Å²) >= 11 is 6.03. The Morgan fingerprint density at radius 3 is 1.81 bits per heavy atom. The van der Waals surface area contributed by atoms with Gasteiger partial charge < -0.3 is 20.1 Å². The molecule has 0 bridgehead atoms. The number of amides is 2. The van der Waals surface area contributed by atoms with Gasteiger partial charge in [-0.1, -0.05) is 91.4 Å². The summed E-state index contributed by atoms with van der Waals surface area (Å²) in [5.41, 5.74) is 2.61. The number of nitrogens with zero attached hydrogens (tertiary/aromatic N) is 1. The van der Waals surface area contributed by atoms with Crippen molar-refractivity contribution in [1.29, 1.82) is 0 Å². The molecule has 0 spiro atoms. The number of carbonyl (C=O) groups excluding carboxylic acids is 3. The van der Waals surface area contributed by atoms with Crippen molar-refractivity contribution < 1.29 is 23.9 Å². The zero-order valence-electron chi connectivity index (χ0n) is 32.0. The van der Waals surface area contributed by atoms with Gasteiger partial charge >= 0.3 is 0 Å². The van der Waals surface area contributed by atoms with Crippen LogP contribution >= 0.6 is 11.6 Å². The van der Waals surface area contributed by atoms with Crippen LogP contribution in [0.2, 0.25) is 5.02 Å². The first-order chi connectivity index (χ1) is 26.3. The summed E-state index contributed by atoms with van der Waals surface area (Å²) in [4.78, 5) is 38.6. The van der Waals surface area contributed by atoms with Gasteiger partial charge in [-0.15, -0.1) is 0 Å². The third-order valence-electron chi connectivity index (χ3n) is 8.45. The topological polar surface area (TPSA) is 98.7 Å². The Hall–Kier alpha value is -4.92. The second kappa shape index (κ2) is 26.0. The fraction of sp³-hybridized carbons (Fsp3) is 0.356. The Morgan fingerprint density at radius 2 is 1.26 bits per heavy atom. The highest BCUT2D eigenvalue weighted by Gasteiger charge is 2.22. The molecule has 54 heavy (non-hydrogen) atoms. The molecular formula is C45H56ClN3O5. The molecule has 0 fully saturated rings. The smallest absolute Gasteiger partial charge is 0.262 e. The number of benzene rings is 2. The maximum atomic E-state index is 13.5. The van der Waals surface area contributed by atoms with E-state index in [2.05, 4.69) is 84.4 Å². The minimum absolute atomic E-state index is 0.0212. The molecule has 1 aromatic heterocycles. The number of hydrogen-bond donors (Lipinski definition) is 2. The first-order valence-corrected chi connectivity index (χ1v) is 19.2. The molecule has 3 rings (SSSR count). The average molecular weight is 754 g/mol. The van der Waals surface area contributed by atoms with Gasteiger partial charge in [-0.2, -0.15) is 0 Å². The standard InChI is InChI=1S/C45H56ClN3O5/c1-4-5-6-7-8-9-10-11-12-13-14-15-16-17-18-19-20-21-22-23-43(50)47-30-32-54-33-31-48-44(51)35-40-36(2)49(42-29-28-39(53-3)34-41(40)42)45(52)37-24-26-38(46)27-25-37/h5-6,8-9,11-12,14-15,17-18,20-21,24-29,34H,4,7,10,13,16,19,22-23,30-33,35H2,1-3H3,(H,47,50)(H,48,51). The number of halogens is 1. The van der Waals surface area contributed by atoms with E-state index in [-0.39, 0.29) is 24.1 Å². The molecule has 0 saturated heterocycles.